The highest BCUT2D eigenvalue weighted by Gasteiger charge is 2.29. The van der Waals surface area contributed by atoms with Crippen LogP contribution in [0.2, 0.25) is 0 Å². The molecule has 0 aliphatic carbocycles. The fourth-order valence-corrected chi connectivity index (χ4v) is 5.82. The second-order valence-electron chi connectivity index (χ2n) is 9.03. The smallest absolute Gasteiger partial charge is 0.348 e. The molecule has 0 bridgehead atoms. The van der Waals surface area contributed by atoms with E-state index in [0.29, 0.717) is 11.3 Å². The predicted octanol–water partition coefficient (Wildman–Crippen LogP) is 7.55. The maximum Gasteiger partial charge on any atom is 0.348 e. The summed E-state index contributed by atoms with van der Waals surface area (Å²) in [7, 11) is 0. The number of carboxylic acid groups (broad SMARTS) is 1. The number of carbonyl (C=O) groups is 2. The lowest BCUT2D eigenvalue weighted by Crippen LogP contribution is -2.38. The number of imidazole rings is 1. The van der Waals surface area contributed by atoms with Gasteiger partial charge in [-0.3, -0.25) is 4.79 Å². The van der Waals surface area contributed by atoms with Crippen molar-refractivity contribution in [2.75, 3.05) is 4.90 Å². The number of nitrogens with zero attached hydrogens (tertiary/aromatic N) is 3. The van der Waals surface area contributed by atoms with Gasteiger partial charge in [0.15, 0.2) is 0 Å². The molecule has 0 spiro atoms. The van der Waals surface area contributed by atoms with Gasteiger partial charge in [0.1, 0.15) is 10.5 Å². The highest BCUT2D eigenvalue weighted by atomic mass is 79.9. The number of amides is 1. The number of aromatic carboxylic acids is 1. The Hall–Kier alpha value is -3.75. The van der Waals surface area contributed by atoms with Crippen molar-refractivity contribution in [3.63, 3.8) is 0 Å². The highest BCUT2D eigenvalue weighted by molar-refractivity contribution is 9.10. The van der Waals surface area contributed by atoms with E-state index in [9.17, 15) is 14.7 Å². The van der Waals surface area contributed by atoms with E-state index in [4.69, 9.17) is 0 Å². The van der Waals surface area contributed by atoms with Gasteiger partial charge in [-0.2, -0.15) is 0 Å². The molecule has 1 amide bonds. The molecule has 2 aromatic carbocycles. The fraction of sp³-hybridized carbons (Fsp3) is 0.138. The summed E-state index contributed by atoms with van der Waals surface area (Å²) in [6.45, 7) is 5.65. The van der Waals surface area contributed by atoms with Crippen LogP contribution in [0.25, 0.3) is 27.3 Å². The highest BCUT2D eigenvalue weighted by Crippen LogP contribution is 2.39. The second kappa shape index (κ2) is 9.95. The average molecular weight is 575 g/mol. The maximum atomic E-state index is 13.6. The van der Waals surface area contributed by atoms with E-state index in [2.05, 4.69) is 20.9 Å². The molecule has 0 fully saturated rings. The van der Waals surface area contributed by atoms with Gasteiger partial charge >= 0.3 is 5.97 Å². The lowest BCUT2D eigenvalue weighted by atomic mass is 10.1. The van der Waals surface area contributed by atoms with Gasteiger partial charge in [-0.25, -0.2) is 9.78 Å². The molecule has 0 saturated carbocycles. The zero-order chi connectivity index (χ0) is 26.3. The van der Waals surface area contributed by atoms with E-state index in [0.717, 1.165) is 37.4 Å². The summed E-state index contributed by atoms with van der Waals surface area (Å²) in [5, 5.41) is 10.0. The number of benzene rings is 2. The van der Waals surface area contributed by atoms with Gasteiger partial charge in [-0.1, -0.05) is 46.3 Å². The maximum absolute atomic E-state index is 13.6. The Morgan fingerprint density at radius 1 is 1.03 bits per heavy atom. The fourth-order valence-electron chi connectivity index (χ4n) is 4.35. The number of carboxylic acids is 1. The third-order valence-corrected chi connectivity index (χ3v) is 7.80. The molecule has 8 heteroatoms. The number of anilines is 1. The standard InChI is InChI=1S/C29H24BrN3O3S/c1-17(2)33(28(34)22-12-11-21(30)14-18(22)3)24-15-25(37-27(24)29(35)36)20-9-7-19(8-10-20)23-16-32-13-5-4-6-26(32)31-23/h4-17H,1-3H3,(H,35,36). The number of hydrogen-bond donors (Lipinski definition) is 1. The summed E-state index contributed by atoms with van der Waals surface area (Å²) in [5.74, 6) is -1.28. The Morgan fingerprint density at radius 2 is 1.76 bits per heavy atom. The molecule has 6 nitrogen and oxygen atoms in total. The number of rotatable bonds is 6. The first-order valence-electron chi connectivity index (χ1n) is 11.7. The van der Waals surface area contributed by atoms with E-state index < -0.39 is 5.97 Å². The lowest BCUT2D eigenvalue weighted by molar-refractivity contribution is 0.0703. The Morgan fingerprint density at radius 3 is 2.41 bits per heavy atom. The third kappa shape index (κ3) is 4.82. The van der Waals surface area contributed by atoms with Crippen LogP contribution in [0.3, 0.4) is 0 Å². The van der Waals surface area contributed by atoms with Crippen LogP contribution in [0.4, 0.5) is 5.69 Å². The normalized spacial score (nSPS) is 11.3. The first-order valence-corrected chi connectivity index (χ1v) is 13.4. The van der Waals surface area contributed by atoms with Crippen LogP contribution in [0.1, 0.15) is 39.4 Å². The zero-order valence-corrected chi connectivity index (χ0v) is 22.9. The van der Waals surface area contributed by atoms with Crippen LogP contribution >= 0.6 is 27.3 Å². The minimum atomic E-state index is -1.06. The molecule has 0 saturated heterocycles. The van der Waals surface area contributed by atoms with Crippen LogP contribution in [-0.2, 0) is 0 Å². The minimum absolute atomic E-state index is 0.135. The Bertz CT molecular complexity index is 1600. The number of halogens is 1. The van der Waals surface area contributed by atoms with Gasteiger partial charge in [-0.05, 0) is 68.3 Å². The van der Waals surface area contributed by atoms with Crippen LogP contribution in [-0.4, -0.2) is 32.4 Å². The Kier molecular flexibility index (Phi) is 6.70. The first kappa shape index (κ1) is 24.9. The molecule has 186 valence electrons. The van der Waals surface area contributed by atoms with Gasteiger partial charge in [0.2, 0.25) is 0 Å². The summed E-state index contributed by atoms with van der Waals surface area (Å²) in [6.07, 6.45) is 3.94. The van der Waals surface area contributed by atoms with Crippen molar-refractivity contribution in [2.24, 2.45) is 0 Å². The van der Waals surface area contributed by atoms with Crippen molar-refractivity contribution in [1.29, 1.82) is 0 Å². The van der Waals surface area contributed by atoms with Gasteiger partial charge in [0, 0.05) is 38.9 Å². The number of thiophene rings is 1. The van der Waals surface area contributed by atoms with Gasteiger partial charge in [-0.15, -0.1) is 11.3 Å². The SMILES string of the molecule is Cc1cc(Br)ccc1C(=O)N(c1cc(-c2ccc(-c3cn4ccccc4n3)cc2)sc1C(=O)O)C(C)C. The number of hydrogen-bond acceptors (Lipinski definition) is 4. The molecule has 0 aliphatic rings. The van der Waals surface area contributed by atoms with Gasteiger partial charge in [0.25, 0.3) is 5.91 Å². The first-order chi connectivity index (χ1) is 17.7. The molecule has 37 heavy (non-hydrogen) atoms. The minimum Gasteiger partial charge on any atom is -0.477 e. The van der Waals surface area contributed by atoms with Crippen molar-refractivity contribution in [3.8, 4) is 21.7 Å². The predicted molar refractivity (Wildman–Crippen MR) is 152 cm³/mol. The number of aromatic nitrogens is 2. The monoisotopic (exact) mass is 573 g/mol. The van der Waals surface area contributed by atoms with Crippen LogP contribution in [0.15, 0.2) is 83.6 Å². The molecule has 0 radical (unpaired) electrons. The van der Waals surface area contributed by atoms with Crippen LogP contribution < -0.4 is 4.90 Å². The summed E-state index contributed by atoms with van der Waals surface area (Å²) in [5.41, 5.74) is 5.33. The van der Waals surface area contributed by atoms with Gasteiger partial charge in [0.05, 0.1) is 11.4 Å². The number of carbonyl (C=O) groups excluding carboxylic acids is 1. The van der Waals surface area contributed by atoms with Crippen LogP contribution in [0, 0.1) is 6.92 Å². The van der Waals surface area contributed by atoms with E-state index in [1.54, 1.807) is 17.0 Å². The summed E-state index contributed by atoms with van der Waals surface area (Å²) >= 11 is 4.61. The van der Waals surface area contributed by atoms with Crippen molar-refractivity contribution in [2.45, 2.75) is 26.8 Å². The van der Waals surface area contributed by atoms with Crippen LogP contribution in [0.5, 0.6) is 0 Å². The Labute approximate surface area is 227 Å². The molecule has 0 aliphatic heterocycles. The molecule has 3 heterocycles. The number of pyridine rings is 1. The molecule has 3 aromatic heterocycles. The van der Waals surface area contributed by atoms with Crippen molar-refractivity contribution >= 4 is 50.5 Å². The van der Waals surface area contributed by atoms with Crippen molar-refractivity contribution in [3.05, 3.63) is 99.6 Å². The van der Waals surface area contributed by atoms with Crippen molar-refractivity contribution in [1.82, 2.24) is 9.38 Å². The largest absolute Gasteiger partial charge is 0.477 e. The van der Waals surface area contributed by atoms with E-state index in [1.807, 2.05) is 92.2 Å². The quantitative estimate of drug-likeness (QED) is 0.227. The summed E-state index contributed by atoms with van der Waals surface area (Å²) in [4.78, 5) is 33.0. The average Bonchev–Trinajstić information content (AvgIpc) is 3.49. The molecule has 0 unspecified atom stereocenters. The zero-order valence-electron chi connectivity index (χ0n) is 20.5. The second-order valence-corrected chi connectivity index (χ2v) is 11.0. The molecule has 5 aromatic rings. The van der Waals surface area contributed by atoms with E-state index in [1.165, 1.54) is 11.3 Å². The third-order valence-electron chi connectivity index (χ3n) is 6.15. The summed E-state index contributed by atoms with van der Waals surface area (Å²) < 4.78 is 2.85. The number of aryl methyl sites for hydroxylation is 1. The van der Waals surface area contributed by atoms with Crippen molar-refractivity contribution < 1.29 is 14.7 Å². The number of fused-ring (bicyclic) bond motifs is 1. The molecule has 5 rings (SSSR count). The molecular formula is C29H24BrN3O3S. The summed E-state index contributed by atoms with van der Waals surface area (Å²) in [6, 6.07) is 20.8. The molecule has 0 atom stereocenters. The van der Waals surface area contributed by atoms with E-state index in [-0.39, 0.29) is 16.8 Å². The Balaban J connectivity index is 1.52. The topological polar surface area (TPSA) is 74.9 Å². The van der Waals surface area contributed by atoms with Gasteiger partial charge < -0.3 is 14.4 Å². The lowest BCUT2D eigenvalue weighted by Gasteiger charge is -2.27. The molecule has 1 N–H and O–H groups in total. The van der Waals surface area contributed by atoms with E-state index >= 15 is 0 Å². The molecular weight excluding hydrogens is 550 g/mol.